The number of benzene rings is 8. The van der Waals surface area contributed by atoms with Gasteiger partial charge in [0.2, 0.25) is 11.5 Å². The summed E-state index contributed by atoms with van der Waals surface area (Å²) in [5.74, 6) is -0.747. The smallest absolute Gasteiger partial charge is 0.325 e. The lowest BCUT2D eigenvalue weighted by molar-refractivity contribution is -0.155. The van der Waals surface area contributed by atoms with E-state index in [-0.39, 0.29) is 42.5 Å². The molecule has 9 aromatic rings. The Morgan fingerprint density at radius 3 is 1.60 bits per heavy atom. The van der Waals surface area contributed by atoms with Crippen LogP contribution in [0.5, 0.6) is 0 Å². The Bertz CT molecular complexity index is 3390. The van der Waals surface area contributed by atoms with Crippen LogP contribution in [0.3, 0.4) is 0 Å². The summed E-state index contributed by atoms with van der Waals surface area (Å²) in [6, 6.07) is 78.2. The minimum Gasteiger partial charge on any atom is -0.451 e. The molecule has 0 saturated carbocycles. The molecule has 15 heteroatoms. The van der Waals surface area contributed by atoms with Gasteiger partial charge in [0.25, 0.3) is 5.91 Å². The van der Waals surface area contributed by atoms with Crippen LogP contribution in [0.15, 0.2) is 253 Å². The zero-order valence-electron chi connectivity index (χ0n) is 44.4. The second-order valence-corrected chi connectivity index (χ2v) is 23.5. The van der Waals surface area contributed by atoms with Crippen molar-refractivity contribution in [2.75, 3.05) is 36.8 Å². The van der Waals surface area contributed by atoms with Gasteiger partial charge in [-0.05, 0) is 27.8 Å². The van der Waals surface area contributed by atoms with Crippen LogP contribution in [0.4, 0.5) is 5.13 Å². The highest BCUT2D eigenvalue weighted by atomic mass is 32.2. The average molecular weight is 1140 g/mol. The van der Waals surface area contributed by atoms with Gasteiger partial charge in [-0.1, -0.05) is 248 Å². The molecule has 82 heavy (non-hydrogen) atoms. The number of oxime groups is 1. The number of fused-ring (bicyclic) bond motifs is 1. The number of rotatable bonds is 20. The molecule has 3 aliphatic rings. The Labute approximate surface area is 488 Å². The molecule has 4 heterocycles. The van der Waals surface area contributed by atoms with Crippen LogP contribution in [0.25, 0.3) is 0 Å². The van der Waals surface area contributed by atoms with Crippen molar-refractivity contribution in [1.29, 1.82) is 0 Å². The second-order valence-electron chi connectivity index (χ2n) is 20.1. The molecule has 410 valence electrons. The predicted molar refractivity (Wildman–Crippen MR) is 323 cm³/mol. The van der Waals surface area contributed by atoms with Crippen molar-refractivity contribution in [2.45, 2.75) is 39.5 Å². The monoisotopic (exact) mass is 1140 g/mol. The van der Waals surface area contributed by atoms with Gasteiger partial charge in [0, 0.05) is 40.1 Å². The highest BCUT2D eigenvalue weighted by molar-refractivity contribution is 8.05. The lowest BCUT2D eigenvalue weighted by Gasteiger charge is -2.54. The molecule has 0 radical (unpaired) electrons. The highest BCUT2D eigenvalue weighted by Gasteiger charge is 2.59. The molecule has 3 unspecified atom stereocenters. The fourth-order valence-corrected chi connectivity index (χ4v) is 14.7. The van der Waals surface area contributed by atoms with Crippen molar-refractivity contribution in [3.63, 3.8) is 0 Å². The number of β-lactam (4-membered cyclic amide) rings is 1. The van der Waals surface area contributed by atoms with Crippen LogP contribution < -0.4 is 10.6 Å². The highest BCUT2D eigenvalue weighted by Crippen LogP contribution is 2.47. The number of ether oxygens (including phenoxy) is 3. The maximum Gasteiger partial charge on any atom is 0.325 e. The normalized spacial score (nSPS) is 18.9. The van der Waals surface area contributed by atoms with E-state index in [9.17, 15) is 9.59 Å². The van der Waals surface area contributed by atoms with E-state index in [0.717, 1.165) is 44.5 Å². The number of thioether (sulfide) groups is 2. The van der Waals surface area contributed by atoms with Crippen LogP contribution in [0, 0.1) is 0 Å². The maximum absolute atomic E-state index is 15.5. The number of hydrogen-bond donors (Lipinski definition) is 2. The quantitative estimate of drug-likeness (QED) is 0.0248. The molecule has 0 spiro atoms. The van der Waals surface area contributed by atoms with Gasteiger partial charge in [-0.25, -0.2) is 4.98 Å². The van der Waals surface area contributed by atoms with Crippen molar-refractivity contribution < 1.29 is 33.4 Å². The van der Waals surface area contributed by atoms with E-state index in [4.69, 9.17) is 29.2 Å². The molecule has 1 aromatic heterocycles. The number of amides is 2. The molecule has 2 N–H and O–H groups in total. The summed E-state index contributed by atoms with van der Waals surface area (Å²) >= 11 is 4.16. The molecule has 3 fully saturated rings. The number of carbonyl (C=O) groups is 3. The van der Waals surface area contributed by atoms with Crippen molar-refractivity contribution >= 4 is 63.5 Å². The van der Waals surface area contributed by atoms with Crippen molar-refractivity contribution in [1.82, 2.24) is 15.2 Å². The van der Waals surface area contributed by atoms with Gasteiger partial charge in [-0.2, -0.15) is 0 Å². The number of carbonyl (C=O) groups excluding carboxylic acids is 3. The van der Waals surface area contributed by atoms with Crippen LogP contribution >= 0.6 is 34.9 Å². The number of nitrogens with one attached hydrogen (secondary N) is 2. The number of nitrogens with zero attached hydrogens (tertiary/aromatic N) is 3. The Kier molecular flexibility index (Phi) is 16.2. The Morgan fingerprint density at radius 1 is 0.671 bits per heavy atom. The number of esters is 1. The number of aromatic nitrogens is 1. The molecule has 4 atom stereocenters. The van der Waals surface area contributed by atoms with Gasteiger partial charge in [0.1, 0.15) is 34.2 Å². The van der Waals surface area contributed by atoms with Crippen LogP contribution in [-0.4, -0.2) is 87.1 Å². The number of anilines is 1. The third-order valence-electron chi connectivity index (χ3n) is 15.1. The summed E-state index contributed by atoms with van der Waals surface area (Å²) < 4.78 is 16.7. The summed E-state index contributed by atoms with van der Waals surface area (Å²) in [6.07, 6.45) is -0.940. The summed E-state index contributed by atoms with van der Waals surface area (Å²) in [4.78, 5) is 59.1. The Balaban J connectivity index is 0.898. The predicted octanol–water partition coefficient (Wildman–Crippen LogP) is 11.8. The van der Waals surface area contributed by atoms with Crippen molar-refractivity contribution in [3.05, 3.63) is 298 Å². The summed E-state index contributed by atoms with van der Waals surface area (Å²) in [6.45, 7) is 0.614. The molecule has 3 aliphatic heterocycles. The molecule has 12 nitrogen and oxygen atoms in total. The number of thiazole rings is 1. The first kappa shape index (κ1) is 54.3. The molecule has 3 saturated heterocycles. The first-order chi connectivity index (χ1) is 40.3. The molecule has 2 amide bonds. The summed E-state index contributed by atoms with van der Waals surface area (Å²) in [7, 11) is 0. The van der Waals surface area contributed by atoms with E-state index < -0.39 is 45.3 Å². The molecule has 0 aliphatic carbocycles. The first-order valence-electron chi connectivity index (χ1n) is 27.1. The first-order valence-corrected chi connectivity index (χ1v) is 30.0. The maximum atomic E-state index is 15.5. The topological polar surface area (TPSA) is 141 Å². The van der Waals surface area contributed by atoms with E-state index in [1.54, 1.807) is 10.3 Å². The molecule has 0 bridgehead atoms. The fraction of sp³-hybridized carbons (Fsp3) is 0.179. The third kappa shape index (κ3) is 10.9. The van der Waals surface area contributed by atoms with Gasteiger partial charge in [0.05, 0.1) is 12.7 Å². The van der Waals surface area contributed by atoms with Crippen LogP contribution in [0.2, 0.25) is 0 Å². The van der Waals surface area contributed by atoms with Crippen molar-refractivity contribution in [2.24, 2.45) is 5.16 Å². The molecular weight excluding hydrogens is 1080 g/mol. The second kappa shape index (κ2) is 24.4. The van der Waals surface area contributed by atoms with E-state index in [0.29, 0.717) is 17.5 Å². The van der Waals surface area contributed by atoms with E-state index in [1.807, 2.05) is 206 Å². The lowest BCUT2D eigenvalue weighted by Crippen LogP contribution is -2.75. The Morgan fingerprint density at radius 2 is 1.13 bits per heavy atom. The van der Waals surface area contributed by atoms with Crippen LogP contribution in [-0.2, 0) is 44.6 Å². The zero-order valence-corrected chi connectivity index (χ0v) is 46.9. The van der Waals surface area contributed by atoms with Gasteiger partial charge in [0.15, 0.2) is 16.9 Å². The van der Waals surface area contributed by atoms with Crippen LogP contribution in [0.1, 0.15) is 56.3 Å². The minimum absolute atomic E-state index is 0.0498. The van der Waals surface area contributed by atoms with Crippen molar-refractivity contribution in [3.8, 4) is 0 Å². The van der Waals surface area contributed by atoms with Gasteiger partial charge < -0.3 is 34.6 Å². The van der Waals surface area contributed by atoms with E-state index >= 15 is 4.79 Å². The number of hydrogen-bond acceptors (Lipinski definition) is 13. The van der Waals surface area contributed by atoms with Gasteiger partial charge >= 0.3 is 5.97 Å². The Hall–Kier alpha value is -8.31. The molecule has 8 aromatic carbocycles. The SMILES string of the molecule is O=C(NC1C(=O)N2CC(SCC3COCO3)(C(=O)OC(c3ccccc3)c3ccccc3)CS[C@H]12)C(=NOC(c1ccccc1)(c1ccccc1)c1ccccc1)c1csc(NC(c2ccccc2)(c2ccccc2)c2ccccc2)n1. The summed E-state index contributed by atoms with van der Waals surface area (Å²) in [5, 5.41) is 13.6. The lowest BCUT2D eigenvalue weighted by atomic mass is 9.77. The minimum atomic E-state index is -1.36. The van der Waals surface area contributed by atoms with E-state index in [2.05, 4.69) is 47.0 Å². The fourth-order valence-electron chi connectivity index (χ4n) is 10.9. The standard InChI is InChI=1S/C67H57N5O7S3/c73-60(69-58-61(74)72-44-65(45-81-62(58)72,82-42-55-41-76-46-77-55)63(75)78-59(47-25-9-1-10-26-47)48-27-11-2-12-28-48)57(71-79-67(52-35-19-6-20-36-52,53-37-21-7-22-38-53)54-39-23-8-24-40-54)56-43-80-64(68-56)70-66(49-29-13-3-14-30-49,50-31-15-4-16-32-50)51-33-17-5-18-34-51/h1-40,43,55,58-59,62H,41-42,44-46H2,(H,68,70)(H,69,73)/t55?,58?,62-,65?/m1/s1. The third-order valence-corrected chi connectivity index (χ3v) is 19.1. The summed E-state index contributed by atoms with van der Waals surface area (Å²) in [5.41, 5.74) is 4.64. The zero-order chi connectivity index (χ0) is 55.8. The van der Waals surface area contributed by atoms with E-state index in [1.165, 1.54) is 34.9 Å². The average Bonchev–Trinajstić information content (AvgIpc) is 4.13. The van der Waals surface area contributed by atoms with Gasteiger partial charge in [-0.3, -0.25) is 14.4 Å². The molecule has 12 rings (SSSR count). The van der Waals surface area contributed by atoms with Gasteiger partial charge in [-0.15, -0.1) is 34.9 Å². The molecular formula is C67H57N5O7S3. The largest absolute Gasteiger partial charge is 0.451 e.